The number of rotatable bonds is 7. The molecule has 0 saturated carbocycles. The van der Waals surface area contributed by atoms with E-state index >= 15 is 0 Å². The number of nitrogens with one attached hydrogen (secondary N) is 1. The summed E-state index contributed by atoms with van der Waals surface area (Å²) < 4.78 is 28.6. The molecule has 2 heterocycles. The molecule has 0 radical (unpaired) electrons. The summed E-state index contributed by atoms with van der Waals surface area (Å²) in [4.78, 5) is 41.1. The topological polar surface area (TPSA) is 90.9 Å². The normalized spacial score (nSPS) is 11.3. The fourth-order valence-corrected chi connectivity index (χ4v) is 3.03. The van der Waals surface area contributed by atoms with Crippen molar-refractivity contribution in [3.8, 4) is 0 Å². The van der Waals surface area contributed by atoms with Gasteiger partial charge in [-0.15, -0.1) is 0 Å². The van der Waals surface area contributed by atoms with Crippen molar-refractivity contribution in [3.05, 3.63) is 63.3 Å². The fourth-order valence-electron chi connectivity index (χ4n) is 3.03. The molecule has 0 aliphatic carbocycles. The van der Waals surface area contributed by atoms with Crippen molar-refractivity contribution >= 4 is 16.8 Å². The van der Waals surface area contributed by atoms with Gasteiger partial charge in [-0.3, -0.25) is 23.3 Å². The van der Waals surface area contributed by atoms with Gasteiger partial charge in [0.2, 0.25) is 5.91 Å². The summed E-state index contributed by atoms with van der Waals surface area (Å²) in [6, 6.07) is 6.56. The molecule has 3 aromatic rings. The number of amides is 1. The lowest BCUT2D eigenvalue weighted by Crippen LogP contribution is -2.42. The van der Waals surface area contributed by atoms with Gasteiger partial charge >= 0.3 is 12.2 Å². The van der Waals surface area contributed by atoms with Crippen LogP contribution in [0.3, 0.4) is 0 Å². The predicted molar refractivity (Wildman–Crippen MR) is 98.3 cm³/mol. The van der Waals surface area contributed by atoms with Crippen LogP contribution >= 0.6 is 0 Å². The third kappa shape index (κ3) is 3.71. The summed E-state index contributed by atoms with van der Waals surface area (Å²) in [6.45, 7) is -1.05. The maximum absolute atomic E-state index is 12.8. The number of nitrogens with zero attached hydrogens (tertiary/aromatic N) is 4. The smallest absolute Gasteiger partial charge is 0.331 e. The quantitative estimate of drug-likeness (QED) is 0.654. The van der Waals surface area contributed by atoms with Gasteiger partial charge in [0.15, 0.2) is 0 Å². The first-order chi connectivity index (χ1) is 13.4. The first-order valence-electron chi connectivity index (χ1n) is 8.73. The molecule has 1 N–H and O–H groups in total. The molecular weight excluding hydrogens is 372 g/mol. The predicted octanol–water partition coefficient (Wildman–Crippen LogP) is 1.13. The van der Waals surface area contributed by atoms with E-state index in [2.05, 4.69) is 10.3 Å². The number of imidazole rings is 1. The number of carbonyl (C=O) groups excluding carboxylic acids is 1. The van der Waals surface area contributed by atoms with Gasteiger partial charge in [0.1, 0.15) is 12.4 Å². The number of alkyl halides is 2. The molecule has 148 valence electrons. The molecule has 8 nitrogen and oxygen atoms in total. The van der Waals surface area contributed by atoms with Crippen molar-refractivity contribution in [2.75, 3.05) is 6.54 Å². The van der Waals surface area contributed by atoms with Crippen LogP contribution in [0.15, 0.2) is 46.2 Å². The van der Waals surface area contributed by atoms with E-state index < -0.39 is 23.7 Å². The van der Waals surface area contributed by atoms with E-state index in [-0.39, 0.29) is 31.9 Å². The Hall–Kier alpha value is -3.30. The van der Waals surface area contributed by atoms with Crippen molar-refractivity contribution < 1.29 is 13.6 Å². The summed E-state index contributed by atoms with van der Waals surface area (Å²) in [7, 11) is 0. The number of hydrogen-bond acceptors (Lipinski definition) is 4. The Bertz CT molecular complexity index is 1120. The van der Waals surface area contributed by atoms with E-state index in [1.165, 1.54) is 17.0 Å². The monoisotopic (exact) mass is 391 g/mol. The number of carbonyl (C=O) groups is 1. The molecule has 0 atom stereocenters. The Labute approximate surface area is 158 Å². The lowest BCUT2D eigenvalue weighted by atomic mass is 10.2. The zero-order chi connectivity index (χ0) is 20.3. The van der Waals surface area contributed by atoms with Gasteiger partial charge in [-0.05, 0) is 19.1 Å². The second-order valence-corrected chi connectivity index (χ2v) is 6.06. The molecule has 0 fully saturated rings. The van der Waals surface area contributed by atoms with Gasteiger partial charge < -0.3 is 5.32 Å². The SMILES string of the molecule is CCn1c(=O)c2ccccc2n(CC(=O)NCCc2nccn2C(F)F)c1=O. The highest BCUT2D eigenvalue weighted by molar-refractivity contribution is 5.81. The summed E-state index contributed by atoms with van der Waals surface area (Å²) in [6.07, 6.45) is 2.55. The number of halogens is 2. The Morgan fingerprint density at radius 2 is 1.96 bits per heavy atom. The average Bonchev–Trinajstić information content (AvgIpc) is 3.14. The van der Waals surface area contributed by atoms with Crippen molar-refractivity contribution in [3.63, 3.8) is 0 Å². The first-order valence-corrected chi connectivity index (χ1v) is 8.73. The van der Waals surface area contributed by atoms with E-state index in [1.807, 2.05) is 0 Å². The third-order valence-corrected chi connectivity index (χ3v) is 4.38. The van der Waals surface area contributed by atoms with E-state index in [9.17, 15) is 23.2 Å². The lowest BCUT2D eigenvalue weighted by molar-refractivity contribution is -0.121. The van der Waals surface area contributed by atoms with Crippen LogP contribution in [-0.4, -0.2) is 31.1 Å². The van der Waals surface area contributed by atoms with Crippen molar-refractivity contribution in [2.45, 2.75) is 33.0 Å². The summed E-state index contributed by atoms with van der Waals surface area (Å²) in [5.74, 6) is -0.318. The van der Waals surface area contributed by atoms with E-state index in [4.69, 9.17) is 0 Å². The Morgan fingerprint density at radius 3 is 2.68 bits per heavy atom. The van der Waals surface area contributed by atoms with E-state index in [1.54, 1.807) is 31.2 Å². The molecule has 1 aromatic carbocycles. The van der Waals surface area contributed by atoms with Gasteiger partial charge in [0.25, 0.3) is 5.56 Å². The van der Waals surface area contributed by atoms with Crippen LogP contribution in [-0.2, 0) is 24.3 Å². The maximum atomic E-state index is 12.8. The summed E-state index contributed by atoms with van der Waals surface area (Å²) >= 11 is 0. The van der Waals surface area contributed by atoms with Crippen LogP contribution in [0.25, 0.3) is 10.9 Å². The third-order valence-electron chi connectivity index (χ3n) is 4.38. The van der Waals surface area contributed by atoms with Gasteiger partial charge in [-0.2, -0.15) is 8.78 Å². The molecule has 0 aliphatic rings. The minimum absolute atomic E-state index is 0.0860. The van der Waals surface area contributed by atoms with Crippen molar-refractivity contribution in [1.29, 1.82) is 0 Å². The molecule has 2 aromatic heterocycles. The Balaban J connectivity index is 1.77. The molecule has 0 unspecified atom stereocenters. The molecule has 0 spiro atoms. The van der Waals surface area contributed by atoms with Crippen LogP contribution < -0.4 is 16.6 Å². The van der Waals surface area contributed by atoms with Crippen LogP contribution in [0.4, 0.5) is 8.78 Å². The zero-order valence-corrected chi connectivity index (χ0v) is 15.1. The minimum atomic E-state index is -2.70. The molecule has 0 saturated heterocycles. The minimum Gasteiger partial charge on any atom is -0.354 e. The fraction of sp³-hybridized carbons (Fsp3) is 0.333. The van der Waals surface area contributed by atoms with Gasteiger partial charge in [-0.25, -0.2) is 9.78 Å². The van der Waals surface area contributed by atoms with Crippen molar-refractivity contribution in [1.82, 2.24) is 24.0 Å². The largest absolute Gasteiger partial charge is 0.354 e. The number of aromatic nitrogens is 4. The average molecular weight is 391 g/mol. The van der Waals surface area contributed by atoms with Crippen LogP contribution in [0.2, 0.25) is 0 Å². The van der Waals surface area contributed by atoms with Crippen LogP contribution in [0.1, 0.15) is 19.3 Å². The molecule has 1 amide bonds. The standard InChI is InChI=1S/C18H19F2N5O3/c1-2-23-16(27)12-5-3-4-6-13(12)25(18(23)28)11-15(26)22-8-7-14-21-9-10-24(14)17(19)20/h3-6,9-10,17H,2,7-8,11H2,1H3,(H,22,26). The lowest BCUT2D eigenvalue weighted by Gasteiger charge is -2.13. The highest BCUT2D eigenvalue weighted by Gasteiger charge is 2.15. The van der Waals surface area contributed by atoms with Gasteiger partial charge in [-0.1, -0.05) is 12.1 Å². The summed E-state index contributed by atoms with van der Waals surface area (Å²) in [5, 5.41) is 2.94. The molecule has 0 bridgehead atoms. The van der Waals surface area contributed by atoms with Crippen LogP contribution in [0.5, 0.6) is 0 Å². The van der Waals surface area contributed by atoms with Crippen LogP contribution in [0, 0.1) is 0 Å². The first kappa shape index (κ1) is 19.5. The maximum Gasteiger partial charge on any atom is 0.331 e. The zero-order valence-electron chi connectivity index (χ0n) is 15.1. The highest BCUT2D eigenvalue weighted by Crippen LogP contribution is 2.12. The van der Waals surface area contributed by atoms with Gasteiger partial charge in [0.05, 0.1) is 10.9 Å². The Kier molecular flexibility index (Phi) is 5.67. The van der Waals surface area contributed by atoms with Crippen molar-refractivity contribution in [2.24, 2.45) is 0 Å². The molecule has 10 heteroatoms. The highest BCUT2D eigenvalue weighted by atomic mass is 19.3. The summed E-state index contributed by atoms with van der Waals surface area (Å²) in [5.41, 5.74) is -0.612. The van der Waals surface area contributed by atoms with Gasteiger partial charge in [0, 0.05) is 31.9 Å². The molecule has 28 heavy (non-hydrogen) atoms. The number of benzene rings is 1. The molecule has 0 aliphatic heterocycles. The number of para-hydroxylation sites is 1. The second kappa shape index (κ2) is 8.15. The Morgan fingerprint density at radius 1 is 1.21 bits per heavy atom. The number of hydrogen-bond donors (Lipinski definition) is 1. The van der Waals surface area contributed by atoms with E-state index in [0.29, 0.717) is 10.9 Å². The number of fused-ring (bicyclic) bond motifs is 1. The molecule has 3 rings (SSSR count). The van der Waals surface area contributed by atoms with E-state index in [0.717, 1.165) is 9.13 Å². The molecular formula is C18H19F2N5O3. The second-order valence-electron chi connectivity index (χ2n) is 6.06.